The van der Waals surface area contributed by atoms with Gasteiger partial charge in [-0.05, 0) is 46.7 Å². The first-order chi connectivity index (χ1) is 16.3. The summed E-state index contributed by atoms with van der Waals surface area (Å²) >= 11 is 0. The molecule has 0 nitrogen and oxygen atoms in total. The molecule has 1 heteroatoms. The van der Waals surface area contributed by atoms with Crippen molar-refractivity contribution in [1.82, 2.24) is 0 Å². The zero-order valence-electron chi connectivity index (χ0n) is 22.0. The largest absolute Gasteiger partial charge is 0.0808 e. The average Bonchev–Trinajstić information content (AvgIpc) is 3.50. The highest BCUT2D eigenvalue weighted by molar-refractivity contribution is 6.84. The molecule has 0 aromatic carbocycles. The minimum absolute atomic E-state index is 0.892. The monoisotopic (exact) mass is 466 g/mol. The predicted molar refractivity (Wildman–Crippen MR) is 147 cm³/mol. The lowest BCUT2D eigenvalue weighted by Crippen LogP contribution is -2.52. The van der Waals surface area contributed by atoms with Gasteiger partial charge in [0.1, 0.15) is 0 Å². The Morgan fingerprint density at radius 1 is 0.636 bits per heavy atom. The molecule has 0 aliphatic heterocycles. The molecule has 0 saturated heterocycles. The van der Waals surface area contributed by atoms with E-state index in [9.17, 15) is 0 Å². The van der Waals surface area contributed by atoms with Crippen LogP contribution in [0.15, 0.2) is 24.3 Å². The molecule has 4 fully saturated rings. The van der Waals surface area contributed by atoms with Crippen molar-refractivity contribution in [2.45, 2.75) is 152 Å². The Kier molecular flexibility index (Phi) is 8.59. The summed E-state index contributed by atoms with van der Waals surface area (Å²) in [5.74, 6) is 4.09. The molecular formula is C32H54Si. The molecule has 7 atom stereocenters. The van der Waals surface area contributed by atoms with Crippen LogP contribution in [0.4, 0.5) is 0 Å². The molecule has 0 radical (unpaired) electrons. The first-order valence-corrected chi connectivity index (χ1v) is 18.1. The van der Waals surface area contributed by atoms with Gasteiger partial charge < -0.3 is 0 Å². The van der Waals surface area contributed by atoms with E-state index in [4.69, 9.17) is 0 Å². The highest BCUT2D eigenvalue weighted by Crippen LogP contribution is 2.66. The Morgan fingerprint density at radius 2 is 1.36 bits per heavy atom. The van der Waals surface area contributed by atoms with E-state index in [1.807, 2.05) is 0 Å². The van der Waals surface area contributed by atoms with Gasteiger partial charge in [-0.3, -0.25) is 0 Å². The SMILES string of the molecule is CCCCCCCC[Si@](C1CCCCC1)([C@@H]1CCC2CCCCC21)[C@H]1CCC2C=CC=CC21. The van der Waals surface area contributed by atoms with Gasteiger partial charge in [-0.1, -0.05) is 153 Å². The lowest BCUT2D eigenvalue weighted by molar-refractivity contribution is 0.270. The van der Waals surface area contributed by atoms with Crippen molar-refractivity contribution in [1.29, 1.82) is 0 Å². The zero-order chi connectivity index (χ0) is 22.5. The third kappa shape index (κ3) is 5.01. The normalized spacial score (nSPS) is 38.2. The summed E-state index contributed by atoms with van der Waals surface area (Å²) in [5, 5.41) is 0. The highest BCUT2D eigenvalue weighted by atomic mass is 28.3. The van der Waals surface area contributed by atoms with E-state index in [0.717, 1.165) is 29.2 Å². The third-order valence-corrected chi connectivity index (χ3v) is 19.1. The Balaban J connectivity index is 1.45. The van der Waals surface area contributed by atoms with Crippen LogP contribution in [0.2, 0.25) is 22.7 Å². The maximum absolute atomic E-state index is 2.72. The van der Waals surface area contributed by atoms with Crippen LogP contribution >= 0.6 is 0 Å². The summed E-state index contributed by atoms with van der Waals surface area (Å²) in [7, 11) is -1.40. The van der Waals surface area contributed by atoms with E-state index in [0.29, 0.717) is 0 Å². The van der Waals surface area contributed by atoms with Crippen molar-refractivity contribution in [3.05, 3.63) is 24.3 Å². The molecule has 5 aliphatic rings. The van der Waals surface area contributed by atoms with Crippen molar-refractivity contribution in [3.8, 4) is 0 Å². The van der Waals surface area contributed by atoms with E-state index in [1.165, 1.54) is 49.6 Å². The van der Waals surface area contributed by atoms with Crippen molar-refractivity contribution >= 4 is 8.07 Å². The predicted octanol–water partition coefficient (Wildman–Crippen LogP) is 10.6. The molecule has 0 bridgehead atoms. The summed E-state index contributed by atoms with van der Waals surface area (Å²) in [4.78, 5) is 0. The van der Waals surface area contributed by atoms with Crippen LogP contribution < -0.4 is 0 Å². The fourth-order valence-corrected chi connectivity index (χ4v) is 19.3. The Morgan fingerprint density at radius 3 is 2.24 bits per heavy atom. The van der Waals surface area contributed by atoms with E-state index < -0.39 is 8.07 Å². The summed E-state index contributed by atoms with van der Waals surface area (Å²) < 4.78 is 0. The van der Waals surface area contributed by atoms with Gasteiger partial charge in [0.15, 0.2) is 0 Å². The molecule has 4 saturated carbocycles. The van der Waals surface area contributed by atoms with Crippen molar-refractivity contribution in [2.75, 3.05) is 0 Å². The number of allylic oxidation sites excluding steroid dienone is 4. The lowest BCUT2D eigenvalue weighted by atomic mass is 9.82. The molecule has 0 amide bonds. The second-order valence-electron chi connectivity index (χ2n) is 13.1. The van der Waals surface area contributed by atoms with Crippen molar-refractivity contribution < 1.29 is 0 Å². The Labute approximate surface area is 207 Å². The van der Waals surface area contributed by atoms with Gasteiger partial charge in [0.2, 0.25) is 0 Å². The van der Waals surface area contributed by atoms with Crippen LogP contribution in [-0.4, -0.2) is 8.07 Å². The molecule has 5 aliphatic carbocycles. The fraction of sp³-hybridized carbons (Fsp3) is 0.875. The number of fused-ring (bicyclic) bond motifs is 2. The van der Waals surface area contributed by atoms with Crippen LogP contribution in [0, 0.1) is 23.7 Å². The van der Waals surface area contributed by atoms with Crippen LogP contribution in [-0.2, 0) is 0 Å². The van der Waals surface area contributed by atoms with E-state index in [2.05, 4.69) is 31.2 Å². The summed E-state index contributed by atoms with van der Waals surface area (Å²) in [6.45, 7) is 2.37. The molecule has 0 heterocycles. The van der Waals surface area contributed by atoms with Gasteiger partial charge in [0, 0.05) is 0 Å². The minimum atomic E-state index is -1.40. The maximum atomic E-state index is 2.72. The van der Waals surface area contributed by atoms with E-state index in [1.54, 1.807) is 89.5 Å². The van der Waals surface area contributed by atoms with Gasteiger partial charge in [0.05, 0.1) is 8.07 Å². The second kappa shape index (κ2) is 11.6. The standard InChI is InChI=1S/C32H54Si/c1-2-3-4-5-6-14-25-33(28-17-8-7-9-18-28,31-23-21-26-15-10-12-19-29(26)31)32-24-22-27-16-11-13-20-30(27)32/h10,12,15,19,26-32H,2-9,11,13-14,16-18,20-25H2,1H3/t26?,27?,29?,30?,31-,32+,33+/m0/s1. The number of hydrogen-bond donors (Lipinski definition) is 0. The molecule has 4 unspecified atom stereocenters. The molecule has 186 valence electrons. The molecule has 0 spiro atoms. The van der Waals surface area contributed by atoms with E-state index in [-0.39, 0.29) is 0 Å². The Bertz CT molecular complexity index is 657. The first kappa shape index (κ1) is 24.4. The minimum Gasteiger partial charge on any atom is -0.0808 e. The number of rotatable bonds is 10. The molecule has 0 aromatic rings. The van der Waals surface area contributed by atoms with Crippen LogP contribution in [0.5, 0.6) is 0 Å². The molecular weight excluding hydrogens is 412 g/mol. The summed E-state index contributed by atoms with van der Waals surface area (Å²) in [6, 6.07) is 1.73. The molecule has 33 heavy (non-hydrogen) atoms. The van der Waals surface area contributed by atoms with E-state index >= 15 is 0 Å². The maximum Gasteiger partial charge on any atom is 0.0638 e. The lowest BCUT2D eigenvalue weighted by Gasteiger charge is -2.54. The Hall–Kier alpha value is -0.303. The van der Waals surface area contributed by atoms with Gasteiger partial charge in [-0.15, -0.1) is 0 Å². The molecule has 0 N–H and O–H groups in total. The van der Waals surface area contributed by atoms with Gasteiger partial charge in [-0.2, -0.15) is 0 Å². The number of unbranched alkanes of at least 4 members (excludes halogenated alkanes) is 5. The number of hydrogen-bond acceptors (Lipinski definition) is 0. The second-order valence-corrected chi connectivity index (χ2v) is 18.1. The average molecular weight is 467 g/mol. The summed E-state index contributed by atoms with van der Waals surface area (Å²) in [5.41, 5.74) is 3.49. The van der Waals surface area contributed by atoms with Crippen LogP contribution in [0.25, 0.3) is 0 Å². The third-order valence-electron chi connectivity index (χ3n) is 11.6. The topological polar surface area (TPSA) is 0 Å². The molecule has 0 aromatic heterocycles. The molecule has 5 rings (SSSR count). The van der Waals surface area contributed by atoms with Gasteiger partial charge in [-0.25, -0.2) is 0 Å². The highest BCUT2D eigenvalue weighted by Gasteiger charge is 2.59. The van der Waals surface area contributed by atoms with Crippen LogP contribution in [0.3, 0.4) is 0 Å². The van der Waals surface area contributed by atoms with Crippen LogP contribution in [0.1, 0.15) is 129 Å². The van der Waals surface area contributed by atoms with Crippen molar-refractivity contribution in [2.24, 2.45) is 23.7 Å². The fourth-order valence-electron chi connectivity index (χ4n) is 10.3. The smallest absolute Gasteiger partial charge is 0.0638 e. The van der Waals surface area contributed by atoms with Gasteiger partial charge >= 0.3 is 0 Å². The summed E-state index contributed by atoms with van der Waals surface area (Å²) in [6.07, 6.45) is 39.8. The quantitative estimate of drug-likeness (QED) is 0.222. The van der Waals surface area contributed by atoms with Gasteiger partial charge in [0.25, 0.3) is 0 Å². The first-order valence-electron chi connectivity index (χ1n) is 15.7. The van der Waals surface area contributed by atoms with Crippen molar-refractivity contribution in [3.63, 3.8) is 0 Å². The zero-order valence-corrected chi connectivity index (χ0v) is 23.0.